The molecule has 0 saturated heterocycles. The molecule has 0 aromatic heterocycles. The first-order valence-electron chi connectivity index (χ1n) is 6.49. The van der Waals surface area contributed by atoms with Gasteiger partial charge < -0.3 is 9.47 Å². The van der Waals surface area contributed by atoms with Crippen LogP contribution in [-0.2, 0) is 16.0 Å². The Morgan fingerprint density at radius 3 is 2.74 bits per heavy atom. The Bertz CT molecular complexity index is 531. The van der Waals surface area contributed by atoms with Crippen LogP contribution < -0.4 is 4.74 Å². The number of Topliss-reactive ketones (excluding diaryl/α,β-unsaturated/α-hetero) is 1. The first kappa shape index (κ1) is 13.6. The highest BCUT2D eigenvalue weighted by Gasteiger charge is 2.26. The lowest BCUT2D eigenvalue weighted by atomic mass is 9.98. The van der Waals surface area contributed by atoms with Crippen molar-refractivity contribution in [3.05, 3.63) is 28.3 Å². The molecule has 0 radical (unpaired) electrons. The topological polar surface area (TPSA) is 52.6 Å². The highest BCUT2D eigenvalue weighted by Crippen LogP contribution is 2.35. The summed E-state index contributed by atoms with van der Waals surface area (Å²) in [6, 6.07) is 1.89. The lowest BCUT2D eigenvalue weighted by Gasteiger charge is -2.13. The Morgan fingerprint density at radius 1 is 1.32 bits per heavy atom. The predicted molar refractivity (Wildman–Crippen MR) is 70.7 cm³/mol. The zero-order valence-corrected chi connectivity index (χ0v) is 11.5. The fourth-order valence-electron chi connectivity index (χ4n) is 2.40. The lowest BCUT2D eigenvalue weighted by molar-refractivity contribution is -0.145. The molecule has 102 valence electrons. The van der Waals surface area contributed by atoms with Crippen molar-refractivity contribution in [2.24, 2.45) is 0 Å². The maximum atomic E-state index is 11.9. The Hall–Kier alpha value is -1.84. The molecule has 0 bridgehead atoms. The van der Waals surface area contributed by atoms with Crippen molar-refractivity contribution in [1.29, 1.82) is 0 Å². The molecule has 0 unspecified atom stereocenters. The van der Waals surface area contributed by atoms with E-state index in [9.17, 15) is 9.59 Å². The normalized spacial score (nSPS) is 13.3. The molecule has 19 heavy (non-hydrogen) atoms. The monoisotopic (exact) mass is 262 g/mol. The summed E-state index contributed by atoms with van der Waals surface area (Å²) in [5.41, 5.74) is 3.73. The van der Waals surface area contributed by atoms with Gasteiger partial charge in [-0.2, -0.15) is 0 Å². The predicted octanol–water partition coefficient (Wildman–Crippen LogP) is 2.37. The summed E-state index contributed by atoms with van der Waals surface area (Å²) in [6.45, 7) is 5.87. The summed E-state index contributed by atoms with van der Waals surface area (Å²) in [7, 11) is 0. The van der Waals surface area contributed by atoms with E-state index in [2.05, 4.69) is 0 Å². The van der Waals surface area contributed by atoms with E-state index >= 15 is 0 Å². The fraction of sp³-hybridized carbons (Fsp3) is 0.467. The summed E-state index contributed by atoms with van der Waals surface area (Å²) >= 11 is 0. The molecular formula is C15H18O4. The zero-order chi connectivity index (χ0) is 14.0. The minimum Gasteiger partial charge on any atom is -0.482 e. The van der Waals surface area contributed by atoms with Gasteiger partial charge in [0.15, 0.2) is 12.4 Å². The average molecular weight is 262 g/mol. The summed E-state index contributed by atoms with van der Waals surface area (Å²) in [6.07, 6.45) is 1.21. The number of hydrogen-bond acceptors (Lipinski definition) is 4. The van der Waals surface area contributed by atoms with Gasteiger partial charge in [0.25, 0.3) is 0 Å². The van der Waals surface area contributed by atoms with Crippen LogP contribution in [-0.4, -0.2) is 25.0 Å². The van der Waals surface area contributed by atoms with Crippen LogP contribution in [0.25, 0.3) is 0 Å². The van der Waals surface area contributed by atoms with E-state index in [1.807, 2.05) is 19.9 Å². The van der Waals surface area contributed by atoms with Crippen molar-refractivity contribution >= 4 is 11.8 Å². The zero-order valence-electron chi connectivity index (χ0n) is 11.5. The van der Waals surface area contributed by atoms with Crippen LogP contribution in [0.2, 0.25) is 0 Å². The van der Waals surface area contributed by atoms with E-state index in [4.69, 9.17) is 9.47 Å². The van der Waals surface area contributed by atoms with Crippen LogP contribution >= 0.6 is 0 Å². The van der Waals surface area contributed by atoms with Crippen LogP contribution in [0.15, 0.2) is 6.07 Å². The summed E-state index contributed by atoms with van der Waals surface area (Å²) in [5, 5.41) is 0. The van der Waals surface area contributed by atoms with Gasteiger partial charge in [0.05, 0.1) is 6.61 Å². The van der Waals surface area contributed by atoms with Crippen LogP contribution in [0.1, 0.15) is 40.4 Å². The largest absolute Gasteiger partial charge is 0.482 e. The number of aryl methyl sites for hydroxylation is 1. The second kappa shape index (κ2) is 5.43. The van der Waals surface area contributed by atoms with Crippen LogP contribution in [0.3, 0.4) is 0 Å². The molecule has 1 aliphatic rings. The number of ketones is 1. The number of esters is 1. The number of hydrogen-bond donors (Lipinski definition) is 0. The van der Waals surface area contributed by atoms with Gasteiger partial charge in [-0.25, -0.2) is 4.79 Å². The van der Waals surface area contributed by atoms with Gasteiger partial charge in [-0.05, 0) is 44.4 Å². The minimum absolute atomic E-state index is 0.114. The molecule has 4 heteroatoms. The van der Waals surface area contributed by atoms with Gasteiger partial charge in [0.2, 0.25) is 0 Å². The third-order valence-electron chi connectivity index (χ3n) is 3.45. The number of benzene rings is 1. The molecule has 1 aromatic rings. The van der Waals surface area contributed by atoms with Gasteiger partial charge in [0, 0.05) is 17.5 Å². The Labute approximate surface area is 112 Å². The Kier molecular flexibility index (Phi) is 3.88. The van der Waals surface area contributed by atoms with E-state index in [0.29, 0.717) is 25.2 Å². The van der Waals surface area contributed by atoms with Crippen LogP contribution in [0.4, 0.5) is 0 Å². The van der Waals surface area contributed by atoms with Gasteiger partial charge >= 0.3 is 5.97 Å². The average Bonchev–Trinajstić information content (AvgIpc) is 2.75. The van der Waals surface area contributed by atoms with Crippen molar-refractivity contribution in [3.8, 4) is 5.75 Å². The van der Waals surface area contributed by atoms with Crippen LogP contribution in [0, 0.1) is 13.8 Å². The van der Waals surface area contributed by atoms with Gasteiger partial charge in [0.1, 0.15) is 5.75 Å². The minimum atomic E-state index is -0.390. The maximum Gasteiger partial charge on any atom is 0.344 e. The standard InChI is InChI=1S/C15H18O4/c1-4-18-14(17)8-19-13-7-9(2)10(3)15-11(13)5-6-12(15)16/h7H,4-6,8H2,1-3H3. The van der Waals surface area contributed by atoms with Crippen molar-refractivity contribution < 1.29 is 19.1 Å². The molecule has 0 heterocycles. The summed E-state index contributed by atoms with van der Waals surface area (Å²) in [4.78, 5) is 23.2. The molecule has 0 spiro atoms. The van der Waals surface area contributed by atoms with E-state index in [1.165, 1.54) is 0 Å². The second-order valence-corrected chi connectivity index (χ2v) is 4.69. The van der Waals surface area contributed by atoms with Crippen molar-refractivity contribution in [3.63, 3.8) is 0 Å². The number of carbonyl (C=O) groups is 2. The van der Waals surface area contributed by atoms with E-state index in [0.717, 1.165) is 22.3 Å². The highest BCUT2D eigenvalue weighted by molar-refractivity contribution is 6.02. The molecule has 4 nitrogen and oxygen atoms in total. The quantitative estimate of drug-likeness (QED) is 0.782. The summed E-state index contributed by atoms with van der Waals surface area (Å²) < 4.78 is 10.3. The third-order valence-corrected chi connectivity index (χ3v) is 3.45. The lowest BCUT2D eigenvalue weighted by Crippen LogP contribution is -2.15. The number of ether oxygens (including phenoxy) is 2. The van der Waals surface area contributed by atoms with E-state index in [-0.39, 0.29) is 18.4 Å². The number of rotatable bonds is 4. The number of carbonyl (C=O) groups excluding carboxylic acids is 2. The summed E-state index contributed by atoms with van der Waals surface area (Å²) in [5.74, 6) is 0.410. The van der Waals surface area contributed by atoms with Gasteiger partial charge in [-0.3, -0.25) is 4.79 Å². The molecule has 0 fully saturated rings. The van der Waals surface area contributed by atoms with Crippen molar-refractivity contribution in [1.82, 2.24) is 0 Å². The van der Waals surface area contributed by atoms with Crippen LogP contribution in [0.5, 0.6) is 5.75 Å². The molecule has 0 amide bonds. The highest BCUT2D eigenvalue weighted by atomic mass is 16.6. The Morgan fingerprint density at radius 2 is 2.05 bits per heavy atom. The molecule has 0 atom stereocenters. The first-order valence-corrected chi connectivity index (χ1v) is 6.49. The third kappa shape index (κ3) is 2.62. The molecule has 1 aromatic carbocycles. The van der Waals surface area contributed by atoms with Crippen molar-refractivity contribution in [2.75, 3.05) is 13.2 Å². The van der Waals surface area contributed by atoms with Crippen molar-refractivity contribution in [2.45, 2.75) is 33.6 Å². The molecule has 0 saturated carbocycles. The first-order chi connectivity index (χ1) is 9.04. The maximum absolute atomic E-state index is 11.9. The second-order valence-electron chi connectivity index (χ2n) is 4.69. The fourth-order valence-corrected chi connectivity index (χ4v) is 2.40. The molecule has 1 aliphatic carbocycles. The Balaban J connectivity index is 2.25. The number of fused-ring (bicyclic) bond motifs is 1. The molecule has 0 aliphatic heterocycles. The molecular weight excluding hydrogens is 244 g/mol. The van der Waals surface area contributed by atoms with E-state index in [1.54, 1.807) is 6.92 Å². The molecule has 0 N–H and O–H groups in total. The van der Waals surface area contributed by atoms with Gasteiger partial charge in [-0.15, -0.1) is 0 Å². The van der Waals surface area contributed by atoms with E-state index < -0.39 is 0 Å². The smallest absolute Gasteiger partial charge is 0.344 e. The SMILES string of the molecule is CCOC(=O)COc1cc(C)c(C)c2c1CCC2=O. The van der Waals surface area contributed by atoms with Gasteiger partial charge in [-0.1, -0.05) is 0 Å². The molecule has 2 rings (SSSR count).